The van der Waals surface area contributed by atoms with Crippen LogP contribution >= 0.6 is 0 Å². The molecule has 14 bridgehead atoms. The van der Waals surface area contributed by atoms with Crippen LogP contribution in [-0.2, 0) is 0 Å². The number of hydrogen-bond donors (Lipinski definition) is 0. The maximum absolute atomic E-state index is 2.29. The molecule has 0 spiro atoms. The summed E-state index contributed by atoms with van der Waals surface area (Å²) in [4.78, 5) is 0. The number of benzene rings is 7. The summed E-state index contributed by atoms with van der Waals surface area (Å²) in [7, 11) is 0. The lowest BCUT2D eigenvalue weighted by molar-refractivity contribution is 1.77. The van der Waals surface area contributed by atoms with Crippen molar-refractivity contribution >= 4 is 75.4 Å². The summed E-state index contributed by atoms with van der Waals surface area (Å²) in [5, 5.41) is 17.1. The van der Waals surface area contributed by atoms with Gasteiger partial charge in [0, 0.05) is 0 Å². The van der Waals surface area contributed by atoms with E-state index < -0.39 is 0 Å². The highest BCUT2D eigenvalue weighted by molar-refractivity contribution is 5.97. The first-order valence-corrected chi connectivity index (χ1v) is 14.5. The van der Waals surface area contributed by atoms with Gasteiger partial charge in [-0.05, 0) is 87.5 Å². The van der Waals surface area contributed by atoms with Crippen LogP contribution in [0.1, 0.15) is 0 Å². The molecule has 16 rings (SSSR count). The molecule has 16 aromatic rings. The molecule has 0 fully saturated rings. The Hall–Kier alpha value is -5.46. The first-order valence-electron chi connectivity index (χ1n) is 14.5. The molecule has 0 heteroatoms. The van der Waals surface area contributed by atoms with Crippen LogP contribution < -0.4 is 0 Å². The van der Waals surface area contributed by atoms with Crippen LogP contribution in [-0.4, -0.2) is 0 Å². The van der Waals surface area contributed by atoms with Gasteiger partial charge in [0.2, 0.25) is 0 Å². The van der Waals surface area contributed by atoms with Crippen molar-refractivity contribution in [2.45, 2.75) is 0 Å². The second-order valence-corrected chi connectivity index (χ2v) is 11.0. The third kappa shape index (κ3) is 4.54. The molecule has 0 N–H and O–H groups in total. The maximum Gasteiger partial charge on any atom is -0.0178 e. The van der Waals surface area contributed by atoms with E-state index in [2.05, 4.69) is 170 Å². The first-order chi connectivity index (χ1) is 20.8. The van der Waals surface area contributed by atoms with Gasteiger partial charge in [-0.2, -0.15) is 0 Å². The summed E-state index contributed by atoms with van der Waals surface area (Å²) in [6.45, 7) is 0. The molecule has 42 heavy (non-hydrogen) atoms. The van der Waals surface area contributed by atoms with Gasteiger partial charge in [0.05, 0.1) is 0 Å². The van der Waals surface area contributed by atoms with Crippen molar-refractivity contribution in [3.05, 3.63) is 170 Å². The van der Waals surface area contributed by atoms with E-state index in [0.717, 1.165) is 0 Å². The molecule has 0 aromatic heterocycles. The standard InChI is InChI=1S/C42H28/c1-3-39-27-41(5-1)37-23-25-38(26-24-37)42-6-2-4-40(28-42)36-21-17-34(18-22-36)32-13-9-30(10-14-32)29-7-11-31(12-8-29)33-15-19-35(39)20-16-33/h1-28H. The Bertz CT molecular complexity index is 2190. The van der Waals surface area contributed by atoms with Crippen molar-refractivity contribution in [3.63, 3.8) is 0 Å². The molecule has 0 atom stereocenters. The molecule has 0 nitrogen and oxygen atoms in total. The van der Waals surface area contributed by atoms with Crippen LogP contribution in [0.15, 0.2) is 170 Å². The van der Waals surface area contributed by atoms with Crippen LogP contribution in [0, 0.1) is 0 Å². The van der Waals surface area contributed by atoms with Gasteiger partial charge in [-0.1, -0.05) is 158 Å². The predicted molar refractivity (Wildman–Crippen MR) is 184 cm³/mol. The molecule has 196 valence electrons. The summed E-state index contributed by atoms with van der Waals surface area (Å²) < 4.78 is 0. The van der Waals surface area contributed by atoms with Gasteiger partial charge in [-0.3, -0.25) is 0 Å². The van der Waals surface area contributed by atoms with E-state index >= 15 is 0 Å². The maximum atomic E-state index is 2.29. The van der Waals surface area contributed by atoms with E-state index in [1.165, 1.54) is 75.4 Å². The fourth-order valence-electron chi connectivity index (χ4n) is 6.03. The van der Waals surface area contributed by atoms with E-state index in [1.807, 2.05) is 0 Å². The number of hydrogen-bond acceptors (Lipinski definition) is 0. The van der Waals surface area contributed by atoms with Crippen molar-refractivity contribution in [2.75, 3.05) is 0 Å². The topological polar surface area (TPSA) is 0 Å². The average Bonchev–Trinajstić information content (AvgIpc) is 3.08. The van der Waals surface area contributed by atoms with Crippen molar-refractivity contribution in [1.82, 2.24) is 0 Å². The monoisotopic (exact) mass is 532 g/mol. The Morgan fingerprint density at radius 2 is 0.286 bits per heavy atom. The molecule has 0 aliphatic carbocycles. The molecule has 0 heterocycles. The summed E-state index contributed by atoms with van der Waals surface area (Å²) in [5.74, 6) is 0. The highest BCUT2D eigenvalue weighted by Crippen LogP contribution is 2.24. The zero-order chi connectivity index (χ0) is 27.9. The minimum atomic E-state index is 1.22. The molecule has 0 aliphatic rings. The Kier molecular flexibility index (Phi) is 5.90. The van der Waals surface area contributed by atoms with Crippen molar-refractivity contribution in [3.8, 4) is 0 Å². The van der Waals surface area contributed by atoms with Gasteiger partial charge in [-0.25, -0.2) is 0 Å². The minimum absolute atomic E-state index is 1.22. The average molecular weight is 533 g/mol. The summed E-state index contributed by atoms with van der Waals surface area (Å²) in [5.41, 5.74) is 0. The van der Waals surface area contributed by atoms with E-state index in [0.29, 0.717) is 0 Å². The molecule has 0 aliphatic heterocycles. The van der Waals surface area contributed by atoms with Gasteiger partial charge in [0.25, 0.3) is 0 Å². The first kappa shape index (κ1) is 24.3. The Morgan fingerprint density at radius 1 is 0.143 bits per heavy atom. The van der Waals surface area contributed by atoms with Gasteiger partial charge in [-0.15, -0.1) is 0 Å². The van der Waals surface area contributed by atoms with Crippen LogP contribution in [0.3, 0.4) is 0 Å². The van der Waals surface area contributed by atoms with Crippen LogP contribution in [0.25, 0.3) is 75.4 Å². The van der Waals surface area contributed by atoms with Crippen molar-refractivity contribution in [2.24, 2.45) is 0 Å². The Labute approximate surface area is 244 Å². The summed E-state index contributed by atoms with van der Waals surface area (Å²) >= 11 is 0. The van der Waals surface area contributed by atoms with E-state index in [1.54, 1.807) is 0 Å². The lowest BCUT2D eigenvalue weighted by atomic mass is 10.0. The smallest absolute Gasteiger partial charge is 0.0178 e. The molecule has 0 saturated carbocycles. The molecular formula is C42H28. The van der Waals surface area contributed by atoms with E-state index in [9.17, 15) is 0 Å². The molecule has 0 saturated heterocycles. The van der Waals surface area contributed by atoms with Gasteiger partial charge in [0.1, 0.15) is 0 Å². The molecular weight excluding hydrogens is 504 g/mol. The Morgan fingerprint density at radius 3 is 0.452 bits per heavy atom. The third-order valence-corrected chi connectivity index (χ3v) is 8.48. The van der Waals surface area contributed by atoms with Gasteiger partial charge in [0.15, 0.2) is 0 Å². The molecule has 0 amide bonds. The SMILES string of the molecule is c1cc2cc(c1)c1ccc(cc1)c1cccc(c1)c1ccc(cc1)c1ccc(cc1)c1ccc(cc1)c1ccc2cc1. The van der Waals surface area contributed by atoms with E-state index in [-0.39, 0.29) is 0 Å². The normalized spacial score (nSPS) is 11.3. The Balaban J connectivity index is 1.41. The van der Waals surface area contributed by atoms with Gasteiger partial charge < -0.3 is 0 Å². The lowest BCUT2D eigenvalue weighted by Crippen LogP contribution is -1.75. The fraction of sp³-hybridized carbons (Fsp3) is 0. The molecule has 0 unspecified atom stereocenters. The zero-order valence-electron chi connectivity index (χ0n) is 23.2. The van der Waals surface area contributed by atoms with E-state index in [4.69, 9.17) is 0 Å². The summed E-state index contributed by atoms with van der Waals surface area (Å²) in [6, 6.07) is 62.2. The van der Waals surface area contributed by atoms with Crippen LogP contribution in [0.2, 0.25) is 0 Å². The molecule has 0 radical (unpaired) electrons. The zero-order valence-corrected chi connectivity index (χ0v) is 23.2. The molecule has 16 aromatic carbocycles. The highest BCUT2D eigenvalue weighted by Gasteiger charge is 1.98. The largest absolute Gasteiger partial charge is 0.0610 e. The number of rotatable bonds is 0. The fourth-order valence-corrected chi connectivity index (χ4v) is 6.03. The second-order valence-electron chi connectivity index (χ2n) is 11.0. The second kappa shape index (κ2) is 10.2. The third-order valence-electron chi connectivity index (χ3n) is 8.48. The van der Waals surface area contributed by atoms with Gasteiger partial charge >= 0.3 is 0 Å². The minimum Gasteiger partial charge on any atom is -0.0610 e. The lowest BCUT2D eigenvalue weighted by Gasteiger charge is -2.01. The van der Waals surface area contributed by atoms with Crippen molar-refractivity contribution < 1.29 is 0 Å². The van der Waals surface area contributed by atoms with Crippen LogP contribution in [0.4, 0.5) is 0 Å². The quantitative estimate of drug-likeness (QED) is 0.182. The summed E-state index contributed by atoms with van der Waals surface area (Å²) in [6.07, 6.45) is 0. The highest BCUT2D eigenvalue weighted by atomic mass is 14.0. The van der Waals surface area contributed by atoms with Crippen LogP contribution in [0.5, 0.6) is 0 Å². The van der Waals surface area contributed by atoms with Crippen molar-refractivity contribution in [1.29, 1.82) is 0 Å². The predicted octanol–water partition coefficient (Wildman–Crippen LogP) is 12.0.